The lowest BCUT2D eigenvalue weighted by Gasteiger charge is -2.47. The Morgan fingerprint density at radius 2 is 1.95 bits per heavy atom. The molecule has 2 N–H and O–H groups in total. The van der Waals surface area contributed by atoms with Crippen molar-refractivity contribution >= 4 is 23.3 Å². The van der Waals surface area contributed by atoms with E-state index in [-0.39, 0.29) is 5.41 Å². The lowest BCUT2D eigenvalue weighted by atomic mass is 9.59. The van der Waals surface area contributed by atoms with Crippen molar-refractivity contribution in [3.63, 3.8) is 0 Å². The molecule has 6 rings (SSSR count). The van der Waals surface area contributed by atoms with E-state index in [2.05, 4.69) is 48.4 Å². The Bertz CT molecular complexity index is 1410. The first-order chi connectivity index (χ1) is 19.8. The third kappa shape index (κ3) is 5.22. The van der Waals surface area contributed by atoms with Crippen LogP contribution in [0.1, 0.15) is 87.1 Å². The molecule has 0 radical (unpaired) electrons. The number of pyridine rings is 1. The predicted octanol–water partition coefficient (Wildman–Crippen LogP) is 8.20. The molecule has 0 amide bonds. The first kappa shape index (κ1) is 28.1. The minimum atomic E-state index is -0.996. The molecule has 1 saturated carbocycles. The fraction of sp³-hybridized carbons (Fsp3) is 0.486. The fourth-order valence-electron chi connectivity index (χ4n) is 8.12. The third-order valence-corrected chi connectivity index (χ3v) is 10.5. The van der Waals surface area contributed by atoms with E-state index in [1.54, 1.807) is 0 Å². The Labute approximate surface area is 248 Å². The zero-order chi connectivity index (χ0) is 28.6. The first-order valence-electron chi connectivity index (χ1n) is 15.3. The number of rotatable bonds is 9. The van der Waals surface area contributed by atoms with E-state index in [0.29, 0.717) is 42.2 Å². The van der Waals surface area contributed by atoms with Crippen molar-refractivity contribution in [3.8, 4) is 5.75 Å². The summed E-state index contributed by atoms with van der Waals surface area (Å²) in [6.07, 6.45) is 10.2. The maximum atomic E-state index is 12.7. The summed E-state index contributed by atoms with van der Waals surface area (Å²) < 4.78 is 6.51. The normalized spacial score (nSPS) is 27.3. The number of halogens is 1. The Hall–Kier alpha value is -3.05. The van der Waals surface area contributed by atoms with Crippen molar-refractivity contribution in [2.45, 2.75) is 88.5 Å². The molecule has 1 unspecified atom stereocenters. The fourth-order valence-corrected chi connectivity index (χ4v) is 8.31. The Morgan fingerprint density at radius 3 is 2.71 bits per heavy atom. The van der Waals surface area contributed by atoms with Crippen molar-refractivity contribution in [1.29, 1.82) is 0 Å². The van der Waals surface area contributed by atoms with Gasteiger partial charge in [-0.1, -0.05) is 55.8 Å². The second-order valence-electron chi connectivity index (χ2n) is 12.7. The van der Waals surface area contributed by atoms with Crippen LogP contribution in [0.15, 0.2) is 60.8 Å². The number of aliphatic carboxylic acids is 1. The highest BCUT2D eigenvalue weighted by atomic mass is 35.5. The summed E-state index contributed by atoms with van der Waals surface area (Å²) >= 11 is 6.22. The second-order valence-corrected chi connectivity index (χ2v) is 13.1. The number of aromatic nitrogens is 1. The van der Waals surface area contributed by atoms with Crippen molar-refractivity contribution in [2.75, 3.05) is 11.9 Å². The van der Waals surface area contributed by atoms with E-state index in [1.807, 2.05) is 36.5 Å². The van der Waals surface area contributed by atoms with Gasteiger partial charge in [-0.2, -0.15) is 0 Å². The smallest absolute Gasteiger partial charge is 0.329 e. The number of hydrogen-bond donors (Lipinski definition) is 2. The number of anilines is 1. The average molecular weight is 573 g/mol. The van der Waals surface area contributed by atoms with Gasteiger partial charge >= 0.3 is 5.97 Å². The van der Waals surface area contributed by atoms with E-state index in [1.165, 1.54) is 28.8 Å². The van der Waals surface area contributed by atoms with Crippen LogP contribution in [0.3, 0.4) is 0 Å². The van der Waals surface area contributed by atoms with E-state index < -0.39 is 11.5 Å². The van der Waals surface area contributed by atoms with Gasteiger partial charge in [0.25, 0.3) is 0 Å². The number of carbonyl (C=O) groups is 1. The van der Waals surface area contributed by atoms with Gasteiger partial charge in [0.2, 0.25) is 0 Å². The molecule has 216 valence electrons. The average Bonchev–Trinajstić information content (AvgIpc) is 3.53. The maximum absolute atomic E-state index is 12.7. The molecule has 3 aromatic rings. The van der Waals surface area contributed by atoms with E-state index in [9.17, 15) is 9.90 Å². The molecular weight excluding hydrogens is 532 g/mol. The summed E-state index contributed by atoms with van der Waals surface area (Å²) in [6, 6.07) is 18.3. The molecule has 0 aliphatic heterocycles. The second kappa shape index (κ2) is 11.3. The van der Waals surface area contributed by atoms with Gasteiger partial charge in [0, 0.05) is 28.2 Å². The van der Waals surface area contributed by atoms with Gasteiger partial charge in [0.1, 0.15) is 11.3 Å². The zero-order valence-electron chi connectivity index (χ0n) is 24.2. The molecule has 1 spiro atoms. The van der Waals surface area contributed by atoms with E-state index in [4.69, 9.17) is 16.3 Å². The highest BCUT2D eigenvalue weighted by Crippen LogP contribution is 2.56. The van der Waals surface area contributed by atoms with Crippen molar-refractivity contribution < 1.29 is 14.6 Å². The van der Waals surface area contributed by atoms with Crippen molar-refractivity contribution in [2.24, 2.45) is 11.8 Å². The number of aryl methyl sites for hydroxylation is 1. The van der Waals surface area contributed by atoms with Crippen LogP contribution in [-0.2, 0) is 23.1 Å². The molecule has 2 aromatic carbocycles. The largest absolute Gasteiger partial charge is 0.493 e. The molecule has 6 heteroatoms. The van der Waals surface area contributed by atoms with Gasteiger partial charge in [-0.3, -0.25) is 4.98 Å². The predicted molar refractivity (Wildman–Crippen MR) is 164 cm³/mol. The van der Waals surface area contributed by atoms with Gasteiger partial charge in [0.05, 0.1) is 6.61 Å². The minimum absolute atomic E-state index is 0.00889. The van der Waals surface area contributed by atoms with Crippen molar-refractivity contribution in [3.05, 3.63) is 88.2 Å². The van der Waals surface area contributed by atoms with Gasteiger partial charge in [-0.25, -0.2) is 4.79 Å². The van der Waals surface area contributed by atoms with Crippen LogP contribution in [0.4, 0.5) is 5.69 Å². The monoisotopic (exact) mass is 572 g/mol. The number of hydrogen-bond acceptors (Lipinski definition) is 4. The third-order valence-electron chi connectivity index (χ3n) is 10.3. The summed E-state index contributed by atoms with van der Waals surface area (Å²) in [5.41, 5.74) is 5.15. The van der Waals surface area contributed by atoms with E-state index in [0.717, 1.165) is 50.0 Å². The van der Waals surface area contributed by atoms with Gasteiger partial charge in [0.15, 0.2) is 0 Å². The summed E-state index contributed by atoms with van der Waals surface area (Å²) in [4.78, 5) is 17.3. The highest BCUT2D eigenvalue weighted by molar-refractivity contribution is 6.30. The molecule has 3 aliphatic carbocycles. The highest BCUT2D eigenvalue weighted by Gasteiger charge is 2.54. The van der Waals surface area contributed by atoms with Crippen LogP contribution in [0, 0.1) is 11.8 Å². The number of carboxylic acid groups (broad SMARTS) is 1. The Morgan fingerprint density at radius 1 is 1.15 bits per heavy atom. The van der Waals surface area contributed by atoms with Crippen LogP contribution in [0.2, 0.25) is 5.02 Å². The number of nitrogens with one attached hydrogen (secondary N) is 1. The van der Waals surface area contributed by atoms with Gasteiger partial charge < -0.3 is 15.2 Å². The molecule has 5 nitrogen and oxygen atoms in total. The van der Waals surface area contributed by atoms with Crippen LogP contribution in [0.5, 0.6) is 5.75 Å². The first-order valence-corrected chi connectivity index (χ1v) is 15.7. The molecule has 1 aromatic heterocycles. The SMILES string of the molecule is CC[C@@H]1CCc2nccc(OC[C@H](C)CC3Cc4ccccc4C34CCC(Nc3cccc(Cl)c3)(C(=O)O)CC4)c21. The molecule has 41 heavy (non-hydrogen) atoms. The van der Waals surface area contributed by atoms with Crippen LogP contribution >= 0.6 is 11.6 Å². The molecule has 3 aliphatic rings. The Balaban J connectivity index is 1.19. The molecule has 1 fully saturated rings. The summed E-state index contributed by atoms with van der Waals surface area (Å²) in [6.45, 7) is 5.25. The number of benzene rings is 2. The van der Waals surface area contributed by atoms with Crippen LogP contribution in [0.25, 0.3) is 0 Å². The molecule has 0 saturated heterocycles. The van der Waals surface area contributed by atoms with Crippen molar-refractivity contribution in [1.82, 2.24) is 4.98 Å². The van der Waals surface area contributed by atoms with Gasteiger partial charge in [-0.15, -0.1) is 0 Å². The number of ether oxygens (including phenoxy) is 1. The summed E-state index contributed by atoms with van der Waals surface area (Å²) in [7, 11) is 0. The van der Waals surface area contributed by atoms with Crippen LogP contribution < -0.4 is 10.1 Å². The molecule has 1 heterocycles. The zero-order valence-corrected chi connectivity index (χ0v) is 24.9. The lowest BCUT2D eigenvalue weighted by Crippen LogP contribution is -2.53. The maximum Gasteiger partial charge on any atom is 0.329 e. The quantitative estimate of drug-likeness (QED) is 0.270. The number of nitrogens with zero attached hydrogens (tertiary/aromatic N) is 1. The lowest BCUT2D eigenvalue weighted by molar-refractivity contribution is -0.144. The standard InChI is InChI=1S/C35H41ClN2O3/c1-3-24-11-12-30-32(24)31(13-18-37-30)41-22-23(2)19-26-20-25-7-4-5-10-29(25)34(26)14-16-35(17-15-34,33(39)40)38-28-9-6-8-27(36)21-28/h4-10,13,18,21,23-24,26,38H,3,11-12,14-17,19-20,22H2,1-2H3,(H,39,40)/t23-,24-,26?,34?,35?/m1/s1. The molecule has 3 atom stereocenters. The Kier molecular flexibility index (Phi) is 7.76. The van der Waals surface area contributed by atoms with Gasteiger partial charge in [-0.05, 0) is 116 Å². The topological polar surface area (TPSA) is 71.5 Å². The summed E-state index contributed by atoms with van der Waals surface area (Å²) in [5, 5.41) is 14.4. The number of carboxylic acids is 1. The van der Waals surface area contributed by atoms with E-state index >= 15 is 0 Å². The minimum Gasteiger partial charge on any atom is -0.493 e. The molecule has 0 bridgehead atoms. The summed E-state index contributed by atoms with van der Waals surface area (Å²) in [5.74, 6) is 1.63. The van der Waals surface area contributed by atoms with Crippen LogP contribution in [-0.4, -0.2) is 28.2 Å². The molecular formula is C35H41ClN2O3. The number of fused-ring (bicyclic) bond motifs is 3.